The molecule has 1 aromatic carbocycles. The number of nitrogens with one attached hydrogen (secondary N) is 1. The monoisotopic (exact) mass is 373 g/mol. The molecule has 2 aliphatic heterocycles. The zero-order valence-electron chi connectivity index (χ0n) is 12.6. The third-order valence-electron chi connectivity index (χ3n) is 4.80. The van der Waals surface area contributed by atoms with Crippen LogP contribution in [0, 0.1) is 0 Å². The van der Waals surface area contributed by atoms with Crippen molar-refractivity contribution in [3.8, 4) is 0 Å². The highest BCUT2D eigenvalue weighted by Gasteiger charge is 2.27. The van der Waals surface area contributed by atoms with Crippen LogP contribution < -0.4 is 5.32 Å². The van der Waals surface area contributed by atoms with Crippen molar-refractivity contribution >= 4 is 28.3 Å². The summed E-state index contributed by atoms with van der Waals surface area (Å²) in [4.78, 5) is 5.28. The molecule has 2 fully saturated rings. The minimum atomic E-state index is 0. The lowest BCUT2D eigenvalue weighted by atomic mass is 10.1. The Morgan fingerprint density at radius 3 is 2.38 bits per heavy atom. The van der Waals surface area contributed by atoms with E-state index in [2.05, 4.69) is 62.2 Å². The second-order valence-electron chi connectivity index (χ2n) is 5.95. The summed E-state index contributed by atoms with van der Waals surface area (Å²) in [6.45, 7) is 9.51. The second kappa shape index (κ2) is 7.93. The van der Waals surface area contributed by atoms with E-state index < -0.39 is 0 Å². The molecule has 2 unspecified atom stereocenters. The zero-order chi connectivity index (χ0) is 13.9. The Kier molecular flexibility index (Phi) is 6.51. The molecule has 2 atom stereocenters. The van der Waals surface area contributed by atoms with Gasteiger partial charge in [-0.15, -0.1) is 12.4 Å². The average molecular weight is 375 g/mol. The first-order valence-corrected chi connectivity index (χ1v) is 8.47. The minimum Gasteiger partial charge on any atom is -0.315 e. The van der Waals surface area contributed by atoms with Crippen molar-refractivity contribution in [2.24, 2.45) is 0 Å². The van der Waals surface area contributed by atoms with Crippen molar-refractivity contribution in [3.05, 3.63) is 34.3 Å². The molecule has 0 aromatic heterocycles. The third-order valence-corrected chi connectivity index (χ3v) is 5.33. The highest BCUT2D eigenvalue weighted by atomic mass is 79.9. The van der Waals surface area contributed by atoms with Gasteiger partial charge < -0.3 is 5.32 Å². The molecule has 0 spiro atoms. The molecule has 118 valence electrons. The van der Waals surface area contributed by atoms with Crippen LogP contribution in [0.2, 0.25) is 0 Å². The third kappa shape index (κ3) is 4.20. The maximum atomic E-state index is 3.51. The van der Waals surface area contributed by atoms with Crippen LogP contribution in [0.4, 0.5) is 0 Å². The fourth-order valence-corrected chi connectivity index (χ4v) is 3.66. The predicted octanol–water partition coefficient (Wildman–Crippen LogP) is 2.91. The minimum absolute atomic E-state index is 0. The van der Waals surface area contributed by atoms with Gasteiger partial charge in [-0.05, 0) is 37.6 Å². The molecule has 0 amide bonds. The van der Waals surface area contributed by atoms with Gasteiger partial charge >= 0.3 is 0 Å². The molecule has 0 saturated carbocycles. The number of rotatable bonds is 3. The van der Waals surface area contributed by atoms with E-state index in [1.54, 1.807) is 0 Å². The molecule has 0 radical (unpaired) electrons. The van der Waals surface area contributed by atoms with Crippen LogP contribution in [0.15, 0.2) is 28.7 Å². The van der Waals surface area contributed by atoms with E-state index >= 15 is 0 Å². The highest BCUT2D eigenvalue weighted by molar-refractivity contribution is 9.10. The average Bonchev–Trinajstić information content (AvgIpc) is 3.02. The van der Waals surface area contributed by atoms with Gasteiger partial charge in [0.25, 0.3) is 0 Å². The van der Waals surface area contributed by atoms with E-state index in [4.69, 9.17) is 0 Å². The van der Waals surface area contributed by atoms with E-state index in [1.807, 2.05) is 0 Å². The van der Waals surface area contributed by atoms with E-state index in [0.717, 1.165) is 10.5 Å². The standard InChI is InChI=1S/C16H24BrN3.ClH/c1-13(14-2-4-15(17)5-3-14)19-8-10-20(11-9-19)16-6-7-18-12-16;/h2-5,13,16,18H,6-12H2,1H3;1H. The highest BCUT2D eigenvalue weighted by Crippen LogP contribution is 2.24. The fourth-order valence-electron chi connectivity index (χ4n) is 3.39. The molecule has 0 bridgehead atoms. The van der Waals surface area contributed by atoms with Crippen LogP contribution in [-0.4, -0.2) is 55.1 Å². The van der Waals surface area contributed by atoms with Crippen molar-refractivity contribution in [1.82, 2.24) is 15.1 Å². The van der Waals surface area contributed by atoms with Gasteiger partial charge in [0.1, 0.15) is 0 Å². The molecule has 2 saturated heterocycles. The molecule has 3 rings (SSSR count). The summed E-state index contributed by atoms with van der Waals surface area (Å²) in [6.07, 6.45) is 1.32. The Balaban J connectivity index is 0.00000161. The Labute approximate surface area is 142 Å². The van der Waals surface area contributed by atoms with Gasteiger partial charge in [-0.3, -0.25) is 9.80 Å². The zero-order valence-corrected chi connectivity index (χ0v) is 15.0. The Bertz CT molecular complexity index is 426. The van der Waals surface area contributed by atoms with Gasteiger partial charge in [0.2, 0.25) is 0 Å². The Hall–Kier alpha value is -0.130. The van der Waals surface area contributed by atoms with E-state index in [9.17, 15) is 0 Å². The van der Waals surface area contributed by atoms with Crippen LogP contribution >= 0.6 is 28.3 Å². The first kappa shape index (κ1) is 17.2. The number of halogens is 2. The van der Waals surface area contributed by atoms with Crippen molar-refractivity contribution < 1.29 is 0 Å². The molecule has 2 aliphatic rings. The van der Waals surface area contributed by atoms with Gasteiger partial charge in [-0.1, -0.05) is 28.1 Å². The quantitative estimate of drug-likeness (QED) is 0.877. The van der Waals surface area contributed by atoms with Gasteiger partial charge in [0, 0.05) is 49.3 Å². The lowest BCUT2D eigenvalue weighted by Gasteiger charge is -2.40. The molecule has 0 aliphatic carbocycles. The van der Waals surface area contributed by atoms with Gasteiger partial charge in [-0.25, -0.2) is 0 Å². The lowest BCUT2D eigenvalue weighted by Crippen LogP contribution is -2.51. The lowest BCUT2D eigenvalue weighted by molar-refractivity contribution is 0.0787. The SMILES string of the molecule is CC(c1ccc(Br)cc1)N1CCN(C2CCNC2)CC1.Cl. The van der Waals surface area contributed by atoms with Crippen LogP contribution in [0.3, 0.4) is 0 Å². The van der Waals surface area contributed by atoms with Gasteiger partial charge in [-0.2, -0.15) is 0 Å². The van der Waals surface area contributed by atoms with Crippen LogP contribution in [0.25, 0.3) is 0 Å². The van der Waals surface area contributed by atoms with Gasteiger partial charge in [0.15, 0.2) is 0 Å². The summed E-state index contributed by atoms with van der Waals surface area (Å²) in [5, 5.41) is 3.48. The van der Waals surface area contributed by atoms with Crippen LogP contribution in [0.5, 0.6) is 0 Å². The van der Waals surface area contributed by atoms with Crippen LogP contribution in [0.1, 0.15) is 24.9 Å². The van der Waals surface area contributed by atoms with E-state index in [1.165, 1.54) is 51.3 Å². The molecule has 21 heavy (non-hydrogen) atoms. The number of piperazine rings is 1. The Morgan fingerprint density at radius 1 is 1.14 bits per heavy atom. The number of hydrogen-bond donors (Lipinski definition) is 1. The fraction of sp³-hybridized carbons (Fsp3) is 0.625. The summed E-state index contributed by atoms with van der Waals surface area (Å²) in [5.74, 6) is 0. The normalized spacial score (nSPS) is 25.5. The summed E-state index contributed by atoms with van der Waals surface area (Å²) in [6, 6.07) is 10.1. The van der Waals surface area contributed by atoms with Crippen molar-refractivity contribution in [3.63, 3.8) is 0 Å². The molecule has 3 nitrogen and oxygen atoms in total. The maximum absolute atomic E-state index is 3.51. The molecule has 2 heterocycles. The summed E-state index contributed by atoms with van der Waals surface area (Å²) >= 11 is 3.51. The summed E-state index contributed by atoms with van der Waals surface area (Å²) in [5.41, 5.74) is 1.42. The number of nitrogens with zero attached hydrogens (tertiary/aromatic N) is 2. The second-order valence-corrected chi connectivity index (χ2v) is 6.86. The number of benzene rings is 1. The largest absolute Gasteiger partial charge is 0.315 e. The van der Waals surface area contributed by atoms with Crippen molar-refractivity contribution in [2.75, 3.05) is 39.3 Å². The summed E-state index contributed by atoms with van der Waals surface area (Å²) < 4.78 is 1.16. The van der Waals surface area contributed by atoms with Gasteiger partial charge in [0.05, 0.1) is 0 Å². The molecule has 1 N–H and O–H groups in total. The van der Waals surface area contributed by atoms with Crippen LogP contribution in [-0.2, 0) is 0 Å². The predicted molar refractivity (Wildman–Crippen MR) is 94.2 cm³/mol. The first-order chi connectivity index (χ1) is 9.74. The Morgan fingerprint density at radius 2 is 1.81 bits per heavy atom. The molecule has 1 aromatic rings. The molecular formula is C16H25BrClN3. The van der Waals surface area contributed by atoms with Crippen molar-refractivity contribution in [2.45, 2.75) is 25.4 Å². The maximum Gasteiger partial charge on any atom is 0.0320 e. The smallest absolute Gasteiger partial charge is 0.0320 e. The molecule has 5 heteroatoms. The number of hydrogen-bond acceptors (Lipinski definition) is 3. The van der Waals surface area contributed by atoms with Crippen molar-refractivity contribution in [1.29, 1.82) is 0 Å². The molecular weight excluding hydrogens is 350 g/mol. The van der Waals surface area contributed by atoms with E-state index in [-0.39, 0.29) is 12.4 Å². The summed E-state index contributed by atoms with van der Waals surface area (Å²) in [7, 11) is 0. The van der Waals surface area contributed by atoms with E-state index in [0.29, 0.717) is 6.04 Å². The first-order valence-electron chi connectivity index (χ1n) is 7.68. The topological polar surface area (TPSA) is 18.5 Å².